The standard InChI is InChI=1S/C21H23N3O4/c25-19-3-1-11-24(19)18-6-4-16(5-7-18)20(26)22-9-2-10-23(13-12-22)21(27)17-8-14-28-15-17/h4-8,14-15H,1-3,9-13H2. The monoisotopic (exact) mass is 381 g/mol. The van der Waals surface area contributed by atoms with E-state index < -0.39 is 0 Å². The summed E-state index contributed by atoms with van der Waals surface area (Å²) in [6, 6.07) is 8.89. The molecule has 1 aromatic carbocycles. The molecule has 0 saturated carbocycles. The third-order valence-electron chi connectivity index (χ3n) is 5.34. The molecule has 7 nitrogen and oxygen atoms in total. The van der Waals surface area contributed by atoms with Crippen LogP contribution in [0.3, 0.4) is 0 Å². The van der Waals surface area contributed by atoms with E-state index >= 15 is 0 Å². The zero-order valence-corrected chi connectivity index (χ0v) is 15.7. The fourth-order valence-electron chi connectivity index (χ4n) is 3.78. The quantitative estimate of drug-likeness (QED) is 0.818. The molecule has 7 heteroatoms. The van der Waals surface area contributed by atoms with Crippen molar-refractivity contribution in [3.8, 4) is 0 Å². The van der Waals surface area contributed by atoms with E-state index in [9.17, 15) is 14.4 Å². The maximum Gasteiger partial charge on any atom is 0.257 e. The first-order valence-corrected chi connectivity index (χ1v) is 9.64. The van der Waals surface area contributed by atoms with Gasteiger partial charge in [-0.3, -0.25) is 14.4 Å². The first kappa shape index (κ1) is 18.3. The van der Waals surface area contributed by atoms with Crippen LogP contribution in [-0.2, 0) is 4.79 Å². The molecule has 3 amide bonds. The van der Waals surface area contributed by atoms with Crippen molar-refractivity contribution in [2.75, 3.05) is 37.6 Å². The Morgan fingerprint density at radius 3 is 2.04 bits per heavy atom. The van der Waals surface area contributed by atoms with Crippen molar-refractivity contribution >= 4 is 23.4 Å². The molecule has 2 aliphatic heterocycles. The van der Waals surface area contributed by atoms with Gasteiger partial charge in [0.25, 0.3) is 11.8 Å². The Morgan fingerprint density at radius 2 is 1.46 bits per heavy atom. The molecule has 2 aliphatic rings. The van der Waals surface area contributed by atoms with Gasteiger partial charge in [0.05, 0.1) is 11.8 Å². The summed E-state index contributed by atoms with van der Waals surface area (Å²) >= 11 is 0. The van der Waals surface area contributed by atoms with Gasteiger partial charge in [0.15, 0.2) is 0 Å². The Hall–Kier alpha value is -3.09. The van der Waals surface area contributed by atoms with Gasteiger partial charge in [0.1, 0.15) is 6.26 Å². The van der Waals surface area contributed by atoms with Gasteiger partial charge in [0.2, 0.25) is 5.91 Å². The number of nitrogens with zero attached hydrogens (tertiary/aromatic N) is 3. The molecule has 2 saturated heterocycles. The Labute approximate surface area is 163 Å². The number of carbonyl (C=O) groups excluding carboxylic acids is 3. The maximum absolute atomic E-state index is 12.9. The SMILES string of the molecule is O=C(c1ccc(N2CCCC2=O)cc1)N1CCCN(C(=O)c2ccoc2)CC1. The van der Waals surface area contributed by atoms with E-state index in [1.54, 1.807) is 32.9 Å². The van der Waals surface area contributed by atoms with Gasteiger partial charge in [-0.05, 0) is 43.2 Å². The summed E-state index contributed by atoms with van der Waals surface area (Å²) in [4.78, 5) is 42.5. The second-order valence-electron chi connectivity index (χ2n) is 7.15. The molecule has 0 bridgehead atoms. The number of amides is 3. The molecular weight excluding hydrogens is 358 g/mol. The van der Waals surface area contributed by atoms with Crippen molar-refractivity contribution < 1.29 is 18.8 Å². The molecule has 1 aromatic heterocycles. The topological polar surface area (TPSA) is 74.1 Å². The molecule has 3 heterocycles. The van der Waals surface area contributed by atoms with Crippen molar-refractivity contribution in [3.05, 3.63) is 54.0 Å². The lowest BCUT2D eigenvalue weighted by atomic mass is 10.1. The summed E-state index contributed by atoms with van der Waals surface area (Å²) in [6.07, 6.45) is 5.13. The third kappa shape index (κ3) is 3.65. The van der Waals surface area contributed by atoms with Crippen molar-refractivity contribution in [3.63, 3.8) is 0 Å². The number of benzene rings is 1. The lowest BCUT2D eigenvalue weighted by molar-refractivity contribution is -0.117. The van der Waals surface area contributed by atoms with Crippen LogP contribution in [0.4, 0.5) is 5.69 Å². The Bertz CT molecular complexity index is 860. The van der Waals surface area contributed by atoms with E-state index in [-0.39, 0.29) is 17.7 Å². The summed E-state index contributed by atoms with van der Waals surface area (Å²) in [5, 5.41) is 0. The van der Waals surface area contributed by atoms with E-state index in [0.29, 0.717) is 43.7 Å². The van der Waals surface area contributed by atoms with Crippen molar-refractivity contribution in [2.24, 2.45) is 0 Å². The number of hydrogen-bond acceptors (Lipinski definition) is 4. The van der Waals surface area contributed by atoms with Crippen molar-refractivity contribution in [1.29, 1.82) is 0 Å². The lowest BCUT2D eigenvalue weighted by Crippen LogP contribution is -2.37. The van der Waals surface area contributed by atoms with Crippen LogP contribution in [0.2, 0.25) is 0 Å². The van der Waals surface area contributed by atoms with E-state index in [1.807, 2.05) is 12.1 Å². The molecule has 28 heavy (non-hydrogen) atoms. The predicted octanol–water partition coefficient (Wildman–Crippen LogP) is 2.39. The molecule has 0 N–H and O–H groups in total. The van der Waals surface area contributed by atoms with E-state index in [2.05, 4.69) is 0 Å². The fourth-order valence-corrected chi connectivity index (χ4v) is 3.78. The molecule has 0 radical (unpaired) electrons. The summed E-state index contributed by atoms with van der Waals surface area (Å²) < 4.78 is 4.99. The van der Waals surface area contributed by atoms with Crippen LogP contribution < -0.4 is 4.90 Å². The highest BCUT2D eigenvalue weighted by atomic mass is 16.3. The van der Waals surface area contributed by atoms with Crippen molar-refractivity contribution in [1.82, 2.24) is 9.80 Å². The molecule has 0 spiro atoms. The lowest BCUT2D eigenvalue weighted by Gasteiger charge is -2.22. The number of furan rings is 1. The van der Waals surface area contributed by atoms with Crippen LogP contribution in [0.15, 0.2) is 47.3 Å². The second kappa shape index (κ2) is 7.88. The number of carbonyl (C=O) groups is 3. The van der Waals surface area contributed by atoms with Gasteiger partial charge in [0, 0.05) is 50.4 Å². The van der Waals surface area contributed by atoms with Crippen LogP contribution in [0.5, 0.6) is 0 Å². The van der Waals surface area contributed by atoms with Crippen LogP contribution in [0, 0.1) is 0 Å². The molecule has 0 unspecified atom stereocenters. The van der Waals surface area contributed by atoms with Crippen molar-refractivity contribution in [2.45, 2.75) is 19.3 Å². The second-order valence-corrected chi connectivity index (χ2v) is 7.15. The van der Waals surface area contributed by atoms with Gasteiger partial charge in [-0.15, -0.1) is 0 Å². The highest BCUT2D eigenvalue weighted by Crippen LogP contribution is 2.22. The largest absolute Gasteiger partial charge is 0.472 e. The van der Waals surface area contributed by atoms with Crippen LogP contribution in [-0.4, -0.2) is 60.2 Å². The zero-order valence-electron chi connectivity index (χ0n) is 15.7. The van der Waals surface area contributed by atoms with Crippen LogP contribution in [0.1, 0.15) is 40.0 Å². The number of rotatable bonds is 3. The summed E-state index contributed by atoms with van der Waals surface area (Å²) in [5.74, 6) is 0.0218. The van der Waals surface area contributed by atoms with E-state index in [1.165, 1.54) is 12.5 Å². The Morgan fingerprint density at radius 1 is 0.786 bits per heavy atom. The Balaban J connectivity index is 1.39. The summed E-state index contributed by atoms with van der Waals surface area (Å²) in [7, 11) is 0. The third-order valence-corrected chi connectivity index (χ3v) is 5.34. The predicted molar refractivity (Wildman–Crippen MR) is 103 cm³/mol. The minimum atomic E-state index is -0.0670. The number of hydrogen-bond donors (Lipinski definition) is 0. The van der Waals surface area contributed by atoms with Crippen LogP contribution >= 0.6 is 0 Å². The Kier molecular flexibility index (Phi) is 5.14. The summed E-state index contributed by atoms with van der Waals surface area (Å²) in [5.41, 5.74) is 1.98. The zero-order chi connectivity index (χ0) is 19.5. The van der Waals surface area contributed by atoms with Crippen LogP contribution in [0.25, 0.3) is 0 Å². The van der Waals surface area contributed by atoms with Gasteiger partial charge in [-0.25, -0.2) is 0 Å². The first-order valence-electron chi connectivity index (χ1n) is 9.64. The normalized spacial score (nSPS) is 17.7. The molecule has 0 atom stereocenters. The molecule has 2 aromatic rings. The first-order chi connectivity index (χ1) is 13.6. The maximum atomic E-state index is 12.9. The molecule has 4 rings (SSSR count). The average Bonchev–Trinajstić information content (AvgIpc) is 3.34. The van der Waals surface area contributed by atoms with Gasteiger partial charge >= 0.3 is 0 Å². The van der Waals surface area contributed by atoms with E-state index in [0.717, 1.165) is 25.1 Å². The van der Waals surface area contributed by atoms with Gasteiger partial charge < -0.3 is 19.1 Å². The molecule has 0 aliphatic carbocycles. The smallest absolute Gasteiger partial charge is 0.257 e. The molecule has 146 valence electrons. The minimum absolute atomic E-state index is 0.0445. The fraction of sp³-hybridized carbons (Fsp3) is 0.381. The minimum Gasteiger partial charge on any atom is -0.472 e. The number of anilines is 1. The average molecular weight is 381 g/mol. The van der Waals surface area contributed by atoms with E-state index in [4.69, 9.17) is 4.42 Å². The molecule has 2 fully saturated rings. The highest BCUT2D eigenvalue weighted by molar-refractivity contribution is 5.98. The highest BCUT2D eigenvalue weighted by Gasteiger charge is 2.25. The van der Waals surface area contributed by atoms with Gasteiger partial charge in [-0.2, -0.15) is 0 Å². The summed E-state index contributed by atoms with van der Waals surface area (Å²) in [6.45, 7) is 2.95. The molecular formula is C21H23N3O4. The van der Waals surface area contributed by atoms with Gasteiger partial charge in [-0.1, -0.05) is 0 Å².